The van der Waals surface area contributed by atoms with Crippen LogP contribution in [0, 0.1) is 24.7 Å². The predicted octanol–water partition coefficient (Wildman–Crippen LogP) is 4.10. The highest BCUT2D eigenvalue weighted by molar-refractivity contribution is 5.28. The molecule has 94 valence electrons. The van der Waals surface area contributed by atoms with Gasteiger partial charge in [0.1, 0.15) is 0 Å². The molecular weight excluding hydrogens is 208 g/mol. The number of aliphatic hydroxyl groups is 1. The van der Waals surface area contributed by atoms with Gasteiger partial charge in [0, 0.05) is 0 Å². The normalized spacial score (nSPS) is 31.2. The van der Waals surface area contributed by atoms with Crippen LogP contribution in [0.15, 0.2) is 24.3 Å². The first-order chi connectivity index (χ1) is 8.09. The Morgan fingerprint density at radius 3 is 2.47 bits per heavy atom. The third-order valence-electron chi connectivity index (χ3n) is 4.59. The molecule has 0 radical (unpaired) electrons. The lowest BCUT2D eigenvalue weighted by molar-refractivity contribution is 0.0557. The van der Waals surface area contributed by atoms with Gasteiger partial charge >= 0.3 is 0 Å². The van der Waals surface area contributed by atoms with E-state index in [1.54, 1.807) is 0 Å². The van der Waals surface area contributed by atoms with Crippen LogP contribution in [0.4, 0.5) is 0 Å². The molecule has 4 unspecified atom stereocenters. The van der Waals surface area contributed by atoms with E-state index in [4.69, 9.17) is 0 Å². The molecule has 0 aliphatic heterocycles. The summed E-state index contributed by atoms with van der Waals surface area (Å²) in [6, 6.07) is 8.23. The van der Waals surface area contributed by atoms with Gasteiger partial charge in [-0.2, -0.15) is 0 Å². The highest BCUT2D eigenvalue weighted by Gasteiger charge is 2.30. The molecule has 0 saturated heterocycles. The molecule has 1 nitrogen and oxygen atoms in total. The number of aryl methyl sites for hydroxylation is 1. The van der Waals surface area contributed by atoms with Gasteiger partial charge in [-0.05, 0) is 48.6 Å². The van der Waals surface area contributed by atoms with E-state index in [9.17, 15) is 5.11 Å². The minimum atomic E-state index is -0.272. The average molecular weight is 232 g/mol. The Labute approximate surface area is 105 Å². The lowest BCUT2D eigenvalue weighted by Gasteiger charge is -2.35. The van der Waals surface area contributed by atoms with Crippen LogP contribution in [0.5, 0.6) is 0 Å². The van der Waals surface area contributed by atoms with Crippen molar-refractivity contribution < 1.29 is 5.11 Å². The molecule has 0 heterocycles. The lowest BCUT2D eigenvalue weighted by atomic mass is 9.72. The molecule has 4 atom stereocenters. The molecule has 0 bridgehead atoms. The van der Waals surface area contributed by atoms with Crippen molar-refractivity contribution in [3.8, 4) is 0 Å². The number of hydrogen-bond donors (Lipinski definition) is 1. The molecule has 1 N–H and O–H groups in total. The van der Waals surface area contributed by atoms with Crippen LogP contribution in [0.2, 0.25) is 0 Å². The number of aliphatic hydroxyl groups excluding tert-OH is 1. The van der Waals surface area contributed by atoms with Crippen molar-refractivity contribution in [2.75, 3.05) is 0 Å². The molecule has 0 aromatic heterocycles. The van der Waals surface area contributed by atoms with Crippen LogP contribution in [0.3, 0.4) is 0 Å². The first-order valence-electron chi connectivity index (χ1n) is 6.83. The SMILES string of the molecule is Cc1ccccc1C(O)C1CCC(C)C(C)C1. The summed E-state index contributed by atoms with van der Waals surface area (Å²) in [6.07, 6.45) is 3.32. The van der Waals surface area contributed by atoms with Gasteiger partial charge in [0.05, 0.1) is 6.10 Å². The molecular formula is C16H24O. The van der Waals surface area contributed by atoms with E-state index < -0.39 is 0 Å². The van der Waals surface area contributed by atoms with E-state index in [2.05, 4.69) is 32.9 Å². The van der Waals surface area contributed by atoms with Crippen LogP contribution >= 0.6 is 0 Å². The summed E-state index contributed by atoms with van der Waals surface area (Å²) in [5, 5.41) is 10.5. The zero-order valence-corrected chi connectivity index (χ0v) is 11.2. The van der Waals surface area contributed by atoms with Crippen molar-refractivity contribution in [2.45, 2.75) is 46.1 Å². The third kappa shape index (κ3) is 2.71. The quantitative estimate of drug-likeness (QED) is 0.814. The summed E-state index contributed by atoms with van der Waals surface area (Å²) in [5.41, 5.74) is 2.34. The van der Waals surface area contributed by atoms with Gasteiger partial charge in [0.15, 0.2) is 0 Å². The van der Waals surface area contributed by atoms with Gasteiger partial charge < -0.3 is 5.11 Å². The molecule has 1 fully saturated rings. The van der Waals surface area contributed by atoms with Gasteiger partial charge in [-0.3, -0.25) is 0 Å². The summed E-state index contributed by atoms with van der Waals surface area (Å²) < 4.78 is 0. The molecule has 1 aliphatic rings. The molecule has 1 saturated carbocycles. The van der Waals surface area contributed by atoms with Crippen molar-refractivity contribution in [1.82, 2.24) is 0 Å². The summed E-state index contributed by atoms with van der Waals surface area (Å²) in [6.45, 7) is 6.75. The summed E-state index contributed by atoms with van der Waals surface area (Å²) in [5.74, 6) is 2.00. The molecule has 1 aliphatic carbocycles. The largest absolute Gasteiger partial charge is 0.388 e. The minimum Gasteiger partial charge on any atom is -0.388 e. The second-order valence-corrected chi connectivity index (χ2v) is 5.83. The van der Waals surface area contributed by atoms with E-state index in [1.807, 2.05) is 12.1 Å². The topological polar surface area (TPSA) is 20.2 Å². The summed E-state index contributed by atoms with van der Waals surface area (Å²) in [7, 11) is 0. The first kappa shape index (κ1) is 12.6. The van der Waals surface area contributed by atoms with E-state index in [-0.39, 0.29) is 6.10 Å². The van der Waals surface area contributed by atoms with Crippen molar-refractivity contribution in [3.63, 3.8) is 0 Å². The zero-order valence-electron chi connectivity index (χ0n) is 11.2. The Kier molecular flexibility index (Phi) is 3.88. The average Bonchev–Trinajstić information content (AvgIpc) is 2.32. The molecule has 1 aromatic carbocycles. The van der Waals surface area contributed by atoms with Gasteiger partial charge in [-0.15, -0.1) is 0 Å². The Morgan fingerprint density at radius 1 is 1.12 bits per heavy atom. The van der Waals surface area contributed by atoms with E-state index in [0.29, 0.717) is 5.92 Å². The van der Waals surface area contributed by atoms with Crippen LogP contribution < -0.4 is 0 Å². The highest BCUT2D eigenvalue weighted by atomic mass is 16.3. The fourth-order valence-electron chi connectivity index (χ4n) is 3.05. The Balaban J connectivity index is 2.10. The second-order valence-electron chi connectivity index (χ2n) is 5.83. The monoisotopic (exact) mass is 232 g/mol. The van der Waals surface area contributed by atoms with Crippen LogP contribution in [-0.2, 0) is 0 Å². The zero-order chi connectivity index (χ0) is 12.4. The summed E-state index contributed by atoms with van der Waals surface area (Å²) in [4.78, 5) is 0. The smallest absolute Gasteiger partial charge is 0.0820 e. The fraction of sp³-hybridized carbons (Fsp3) is 0.625. The maximum absolute atomic E-state index is 10.5. The van der Waals surface area contributed by atoms with Gasteiger partial charge in [-0.1, -0.05) is 44.5 Å². The van der Waals surface area contributed by atoms with Gasteiger partial charge in [0.2, 0.25) is 0 Å². The standard InChI is InChI=1S/C16H24O/c1-11-8-9-14(10-13(11)3)16(17)15-7-5-4-6-12(15)2/h4-7,11,13-14,16-17H,8-10H2,1-3H3. The Hall–Kier alpha value is -0.820. The van der Waals surface area contributed by atoms with E-state index in [0.717, 1.165) is 23.8 Å². The van der Waals surface area contributed by atoms with Gasteiger partial charge in [-0.25, -0.2) is 0 Å². The predicted molar refractivity (Wildman–Crippen MR) is 71.8 cm³/mol. The van der Waals surface area contributed by atoms with Crippen molar-refractivity contribution in [1.29, 1.82) is 0 Å². The Bertz CT molecular complexity index is 372. The van der Waals surface area contributed by atoms with Crippen molar-refractivity contribution >= 4 is 0 Å². The summed E-state index contributed by atoms with van der Waals surface area (Å²) >= 11 is 0. The molecule has 2 rings (SSSR count). The number of rotatable bonds is 2. The van der Waals surface area contributed by atoms with Crippen LogP contribution in [0.1, 0.15) is 50.3 Å². The fourth-order valence-corrected chi connectivity index (χ4v) is 3.05. The van der Waals surface area contributed by atoms with E-state index >= 15 is 0 Å². The number of benzene rings is 1. The van der Waals surface area contributed by atoms with Crippen LogP contribution in [-0.4, -0.2) is 5.11 Å². The first-order valence-corrected chi connectivity index (χ1v) is 6.83. The van der Waals surface area contributed by atoms with Crippen LogP contribution in [0.25, 0.3) is 0 Å². The molecule has 0 amide bonds. The van der Waals surface area contributed by atoms with E-state index in [1.165, 1.54) is 18.4 Å². The third-order valence-corrected chi connectivity index (χ3v) is 4.59. The molecule has 1 heteroatoms. The molecule has 17 heavy (non-hydrogen) atoms. The highest BCUT2D eigenvalue weighted by Crippen LogP contribution is 2.40. The second kappa shape index (κ2) is 5.22. The number of hydrogen-bond acceptors (Lipinski definition) is 1. The van der Waals surface area contributed by atoms with Crippen molar-refractivity contribution in [2.24, 2.45) is 17.8 Å². The van der Waals surface area contributed by atoms with Crippen molar-refractivity contribution in [3.05, 3.63) is 35.4 Å². The minimum absolute atomic E-state index is 0.272. The van der Waals surface area contributed by atoms with Gasteiger partial charge in [0.25, 0.3) is 0 Å². The Morgan fingerprint density at radius 2 is 1.82 bits per heavy atom. The maximum Gasteiger partial charge on any atom is 0.0820 e. The lowest BCUT2D eigenvalue weighted by Crippen LogP contribution is -2.25. The maximum atomic E-state index is 10.5. The molecule has 0 spiro atoms. The molecule has 1 aromatic rings.